The van der Waals surface area contributed by atoms with Gasteiger partial charge in [-0.05, 0) is 40.5 Å². The van der Waals surface area contributed by atoms with Gasteiger partial charge in [0, 0.05) is 30.8 Å². The molecular formula is C15H24N4O3. The third-order valence-electron chi connectivity index (χ3n) is 3.47. The number of aromatic nitrogens is 2. The highest BCUT2D eigenvalue weighted by Crippen LogP contribution is 2.21. The van der Waals surface area contributed by atoms with E-state index in [0.29, 0.717) is 31.7 Å². The standard InChI is InChI=1S/C15H24N4O3/c1-10-9-12(18-17-10)16-13(20)11-5-7-19(8-6-11)14(21)22-15(2,3)4/h9,11H,5-8H2,1-4H3,(H2,16,17,18,20). The molecule has 2 N–H and O–H groups in total. The number of aromatic amines is 1. The Balaban J connectivity index is 1.81. The van der Waals surface area contributed by atoms with Crippen molar-refractivity contribution in [3.05, 3.63) is 11.8 Å². The minimum absolute atomic E-state index is 0.0460. The molecule has 1 fully saturated rings. The molecule has 1 aliphatic rings. The predicted octanol–water partition coefficient (Wildman–Crippen LogP) is 2.30. The van der Waals surface area contributed by atoms with Crippen molar-refractivity contribution in [2.45, 2.75) is 46.1 Å². The van der Waals surface area contributed by atoms with Gasteiger partial charge in [-0.25, -0.2) is 4.79 Å². The Labute approximate surface area is 130 Å². The van der Waals surface area contributed by atoms with Crippen LogP contribution in [0.5, 0.6) is 0 Å². The number of hydrogen-bond acceptors (Lipinski definition) is 4. The van der Waals surface area contributed by atoms with Crippen molar-refractivity contribution >= 4 is 17.8 Å². The highest BCUT2D eigenvalue weighted by molar-refractivity contribution is 5.91. The number of hydrogen-bond donors (Lipinski definition) is 2. The van der Waals surface area contributed by atoms with Gasteiger partial charge >= 0.3 is 6.09 Å². The van der Waals surface area contributed by atoms with Gasteiger partial charge in [0.25, 0.3) is 0 Å². The largest absolute Gasteiger partial charge is 0.444 e. The molecular weight excluding hydrogens is 284 g/mol. The Morgan fingerprint density at radius 3 is 2.50 bits per heavy atom. The molecule has 1 aromatic rings. The molecule has 0 atom stereocenters. The molecule has 0 radical (unpaired) electrons. The van der Waals surface area contributed by atoms with E-state index in [1.807, 2.05) is 27.7 Å². The zero-order valence-electron chi connectivity index (χ0n) is 13.6. The summed E-state index contributed by atoms with van der Waals surface area (Å²) in [6.45, 7) is 8.48. The van der Waals surface area contributed by atoms with Gasteiger partial charge in [0.2, 0.25) is 5.91 Å². The van der Waals surface area contributed by atoms with Crippen molar-refractivity contribution in [1.82, 2.24) is 15.1 Å². The number of piperidine rings is 1. The van der Waals surface area contributed by atoms with Gasteiger partial charge in [0.1, 0.15) is 5.60 Å². The summed E-state index contributed by atoms with van der Waals surface area (Å²) < 4.78 is 5.34. The van der Waals surface area contributed by atoms with Gasteiger partial charge in [-0.2, -0.15) is 5.10 Å². The number of anilines is 1. The molecule has 0 aliphatic carbocycles. The van der Waals surface area contributed by atoms with E-state index in [-0.39, 0.29) is 17.9 Å². The summed E-state index contributed by atoms with van der Waals surface area (Å²) in [7, 11) is 0. The first-order chi connectivity index (χ1) is 10.2. The van der Waals surface area contributed by atoms with Crippen LogP contribution in [-0.2, 0) is 9.53 Å². The lowest BCUT2D eigenvalue weighted by Crippen LogP contribution is -2.43. The van der Waals surface area contributed by atoms with E-state index in [1.165, 1.54) is 0 Å². The highest BCUT2D eigenvalue weighted by Gasteiger charge is 2.30. The number of nitrogens with one attached hydrogen (secondary N) is 2. The molecule has 22 heavy (non-hydrogen) atoms. The Morgan fingerprint density at radius 2 is 2.00 bits per heavy atom. The molecule has 0 aromatic carbocycles. The fraction of sp³-hybridized carbons (Fsp3) is 0.667. The Bertz CT molecular complexity index is 539. The number of carbonyl (C=O) groups is 2. The lowest BCUT2D eigenvalue weighted by Gasteiger charge is -2.32. The Kier molecular flexibility index (Phi) is 4.73. The molecule has 0 spiro atoms. The molecule has 1 aromatic heterocycles. The van der Waals surface area contributed by atoms with Crippen molar-refractivity contribution in [2.24, 2.45) is 5.92 Å². The van der Waals surface area contributed by atoms with E-state index in [9.17, 15) is 9.59 Å². The number of nitrogens with zero attached hydrogens (tertiary/aromatic N) is 2. The maximum atomic E-state index is 12.2. The average Bonchev–Trinajstić information content (AvgIpc) is 2.82. The van der Waals surface area contributed by atoms with E-state index >= 15 is 0 Å². The molecule has 0 saturated carbocycles. The zero-order chi connectivity index (χ0) is 16.3. The SMILES string of the molecule is Cc1cc(NC(=O)C2CCN(C(=O)OC(C)(C)C)CC2)n[nH]1. The van der Waals surface area contributed by atoms with Gasteiger partial charge in [-0.1, -0.05) is 0 Å². The van der Waals surface area contributed by atoms with Crippen LogP contribution in [0.1, 0.15) is 39.3 Å². The number of ether oxygens (including phenoxy) is 1. The Morgan fingerprint density at radius 1 is 1.36 bits per heavy atom. The van der Waals surface area contributed by atoms with Crippen LogP contribution in [-0.4, -0.2) is 45.8 Å². The fourth-order valence-corrected chi connectivity index (χ4v) is 2.36. The lowest BCUT2D eigenvalue weighted by molar-refractivity contribution is -0.121. The smallest absolute Gasteiger partial charge is 0.410 e. The van der Waals surface area contributed by atoms with Crippen molar-refractivity contribution in [1.29, 1.82) is 0 Å². The second-order valence-corrected chi connectivity index (χ2v) is 6.67. The third-order valence-corrected chi connectivity index (χ3v) is 3.47. The first kappa shape index (κ1) is 16.3. The Hall–Kier alpha value is -2.05. The summed E-state index contributed by atoms with van der Waals surface area (Å²) in [5, 5.41) is 9.58. The first-order valence-corrected chi connectivity index (χ1v) is 7.55. The quantitative estimate of drug-likeness (QED) is 0.877. The van der Waals surface area contributed by atoms with E-state index in [0.717, 1.165) is 5.69 Å². The predicted molar refractivity (Wildman–Crippen MR) is 82.5 cm³/mol. The summed E-state index contributed by atoms with van der Waals surface area (Å²) in [4.78, 5) is 25.8. The second-order valence-electron chi connectivity index (χ2n) is 6.67. The molecule has 7 heteroatoms. The van der Waals surface area contributed by atoms with Crippen LogP contribution in [0, 0.1) is 12.8 Å². The maximum absolute atomic E-state index is 12.2. The van der Waals surface area contributed by atoms with Gasteiger partial charge in [-0.15, -0.1) is 0 Å². The number of amides is 2. The summed E-state index contributed by atoms with van der Waals surface area (Å²) in [6.07, 6.45) is 0.956. The van der Waals surface area contributed by atoms with Crippen LogP contribution in [0.15, 0.2) is 6.07 Å². The zero-order valence-corrected chi connectivity index (χ0v) is 13.6. The summed E-state index contributed by atoms with van der Waals surface area (Å²) in [5.74, 6) is 0.392. The minimum Gasteiger partial charge on any atom is -0.444 e. The van der Waals surface area contributed by atoms with Gasteiger partial charge < -0.3 is 15.0 Å². The van der Waals surface area contributed by atoms with Crippen LogP contribution >= 0.6 is 0 Å². The number of carbonyl (C=O) groups excluding carboxylic acids is 2. The first-order valence-electron chi connectivity index (χ1n) is 7.55. The third kappa shape index (κ3) is 4.47. The van der Waals surface area contributed by atoms with Gasteiger partial charge in [-0.3, -0.25) is 9.89 Å². The fourth-order valence-electron chi connectivity index (χ4n) is 2.36. The topological polar surface area (TPSA) is 87.3 Å². The summed E-state index contributed by atoms with van der Waals surface area (Å²) in [6, 6.07) is 1.79. The monoisotopic (exact) mass is 308 g/mol. The number of aryl methyl sites for hydroxylation is 1. The lowest BCUT2D eigenvalue weighted by atomic mass is 9.96. The average molecular weight is 308 g/mol. The van der Waals surface area contributed by atoms with Crippen LogP contribution in [0.25, 0.3) is 0 Å². The number of H-pyrrole nitrogens is 1. The van der Waals surface area contributed by atoms with Crippen molar-refractivity contribution in [3.63, 3.8) is 0 Å². The molecule has 7 nitrogen and oxygen atoms in total. The number of likely N-dealkylation sites (tertiary alicyclic amines) is 1. The van der Waals surface area contributed by atoms with Crippen LogP contribution < -0.4 is 5.32 Å². The minimum atomic E-state index is -0.497. The molecule has 122 valence electrons. The van der Waals surface area contributed by atoms with Crippen molar-refractivity contribution in [3.8, 4) is 0 Å². The second kappa shape index (κ2) is 6.37. The molecule has 2 heterocycles. The highest BCUT2D eigenvalue weighted by atomic mass is 16.6. The van der Waals surface area contributed by atoms with Crippen molar-refractivity contribution in [2.75, 3.05) is 18.4 Å². The molecule has 1 saturated heterocycles. The van der Waals surface area contributed by atoms with E-state index < -0.39 is 5.60 Å². The van der Waals surface area contributed by atoms with Gasteiger partial charge in [0.15, 0.2) is 5.82 Å². The molecule has 2 rings (SSSR count). The van der Waals surface area contributed by atoms with Gasteiger partial charge in [0.05, 0.1) is 0 Å². The van der Waals surface area contributed by atoms with Crippen LogP contribution in [0.3, 0.4) is 0 Å². The van der Waals surface area contributed by atoms with E-state index in [4.69, 9.17) is 4.74 Å². The molecule has 0 unspecified atom stereocenters. The van der Waals surface area contributed by atoms with Crippen molar-refractivity contribution < 1.29 is 14.3 Å². The summed E-state index contributed by atoms with van der Waals surface area (Å²) >= 11 is 0. The normalized spacial score (nSPS) is 16.5. The van der Waals surface area contributed by atoms with E-state index in [1.54, 1.807) is 11.0 Å². The molecule has 2 amide bonds. The summed E-state index contributed by atoms with van der Waals surface area (Å²) in [5.41, 5.74) is 0.401. The molecule has 0 bridgehead atoms. The van der Waals surface area contributed by atoms with E-state index in [2.05, 4.69) is 15.5 Å². The number of rotatable bonds is 2. The maximum Gasteiger partial charge on any atom is 0.410 e. The molecule has 1 aliphatic heterocycles. The van der Waals surface area contributed by atoms with Crippen LogP contribution in [0.2, 0.25) is 0 Å². The van der Waals surface area contributed by atoms with Crippen LogP contribution in [0.4, 0.5) is 10.6 Å².